The summed E-state index contributed by atoms with van der Waals surface area (Å²) in [4.78, 5) is 11.7. The largest absolute Gasteiger partial charge is 0.322 e. The molecular weight excluding hydrogens is 348 g/mol. The summed E-state index contributed by atoms with van der Waals surface area (Å²) in [5.74, 6) is 0.570. The Balaban J connectivity index is 1.86. The zero-order chi connectivity index (χ0) is 18.5. The number of nitriles is 1. The predicted octanol–water partition coefficient (Wildman–Crippen LogP) is 2.53. The van der Waals surface area contributed by atoms with Crippen LogP contribution in [0.2, 0.25) is 0 Å². The van der Waals surface area contributed by atoms with E-state index in [0.717, 1.165) is 54.7 Å². The molecule has 1 unspecified atom stereocenters. The predicted molar refractivity (Wildman–Crippen MR) is 98.6 cm³/mol. The Bertz CT molecular complexity index is 1040. The lowest BCUT2D eigenvalue weighted by molar-refractivity contribution is 0.377. The van der Waals surface area contributed by atoms with Crippen molar-refractivity contribution < 1.29 is 8.42 Å². The summed E-state index contributed by atoms with van der Waals surface area (Å²) in [6.45, 7) is 2.66. The fourth-order valence-corrected chi connectivity index (χ4v) is 4.32. The van der Waals surface area contributed by atoms with Gasteiger partial charge in [-0.2, -0.15) is 5.26 Å². The van der Waals surface area contributed by atoms with Crippen LogP contribution in [0.3, 0.4) is 0 Å². The molecule has 1 aromatic carbocycles. The molecule has 1 fully saturated rings. The Morgan fingerprint density at radius 1 is 1.27 bits per heavy atom. The Hall–Kier alpha value is -2.46. The van der Waals surface area contributed by atoms with Crippen molar-refractivity contribution in [2.45, 2.75) is 43.0 Å². The first-order valence-corrected chi connectivity index (χ1v) is 10.6. The number of aromatic nitrogens is 2. The molecule has 4 rings (SSSR count). The SMILES string of the molecule is CC1(C#N)CCN1c1nc2c(c(-c3cccc(S(C)(=O)=O)c3)n1)CCC2. The van der Waals surface area contributed by atoms with Crippen molar-refractivity contribution in [1.82, 2.24) is 9.97 Å². The minimum Gasteiger partial charge on any atom is -0.322 e. The second-order valence-corrected chi connectivity index (χ2v) is 9.25. The van der Waals surface area contributed by atoms with Crippen molar-refractivity contribution in [3.63, 3.8) is 0 Å². The standard InChI is InChI=1S/C19H20N4O2S/c1-19(12-20)9-10-23(19)18-21-16-8-4-7-15(16)17(22-18)13-5-3-6-14(11-13)26(2,24)25/h3,5-6,11H,4,7-10H2,1-2H3. The van der Waals surface area contributed by atoms with Gasteiger partial charge in [0.2, 0.25) is 5.95 Å². The lowest BCUT2D eigenvalue weighted by atomic mass is 9.89. The average Bonchev–Trinajstić information content (AvgIpc) is 3.07. The number of hydrogen-bond acceptors (Lipinski definition) is 6. The van der Waals surface area contributed by atoms with Crippen LogP contribution in [0.5, 0.6) is 0 Å². The highest BCUT2D eigenvalue weighted by Gasteiger charge is 2.43. The summed E-state index contributed by atoms with van der Waals surface area (Å²) < 4.78 is 23.9. The first kappa shape index (κ1) is 17.0. The van der Waals surface area contributed by atoms with Gasteiger partial charge in [-0.15, -0.1) is 0 Å². The van der Waals surface area contributed by atoms with E-state index in [0.29, 0.717) is 5.95 Å². The van der Waals surface area contributed by atoms with E-state index in [-0.39, 0.29) is 4.90 Å². The Morgan fingerprint density at radius 3 is 2.73 bits per heavy atom. The highest BCUT2D eigenvalue weighted by atomic mass is 32.2. The van der Waals surface area contributed by atoms with Crippen LogP contribution < -0.4 is 4.90 Å². The summed E-state index contributed by atoms with van der Waals surface area (Å²) in [7, 11) is -3.29. The van der Waals surface area contributed by atoms with E-state index in [4.69, 9.17) is 9.97 Å². The van der Waals surface area contributed by atoms with Gasteiger partial charge >= 0.3 is 0 Å². The monoisotopic (exact) mass is 368 g/mol. The van der Waals surface area contributed by atoms with Gasteiger partial charge in [0.15, 0.2) is 9.84 Å². The second-order valence-electron chi connectivity index (χ2n) is 7.24. The lowest BCUT2D eigenvalue weighted by Gasteiger charge is -2.45. The summed E-state index contributed by atoms with van der Waals surface area (Å²) in [6.07, 6.45) is 4.80. The van der Waals surface area contributed by atoms with Crippen LogP contribution in [-0.4, -0.2) is 36.7 Å². The first-order chi connectivity index (χ1) is 12.3. The molecule has 26 heavy (non-hydrogen) atoms. The van der Waals surface area contributed by atoms with E-state index in [1.165, 1.54) is 6.26 Å². The molecule has 1 aromatic heterocycles. The summed E-state index contributed by atoms with van der Waals surface area (Å²) >= 11 is 0. The topological polar surface area (TPSA) is 87.0 Å². The van der Waals surface area contributed by atoms with E-state index >= 15 is 0 Å². The van der Waals surface area contributed by atoms with Crippen LogP contribution in [0.4, 0.5) is 5.95 Å². The smallest absolute Gasteiger partial charge is 0.227 e. The van der Waals surface area contributed by atoms with Crippen LogP contribution >= 0.6 is 0 Å². The molecular formula is C19H20N4O2S. The highest BCUT2D eigenvalue weighted by Crippen LogP contribution is 2.37. The van der Waals surface area contributed by atoms with Gasteiger partial charge in [0.1, 0.15) is 5.54 Å². The number of rotatable bonds is 3. The molecule has 6 nitrogen and oxygen atoms in total. The van der Waals surface area contributed by atoms with Gasteiger partial charge in [-0.25, -0.2) is 18.4 Å². The Kier molecular flexibility index (Phi) is 3.77. The number of anilines is 1. The van der Waals surface area contributed by atoms with E-state index in [1.807, 2.05) is 17.9 Å². The fourth-order valence-electron chi connectivity index (χ4n) is 3.65. The van der Waals surface area contributed by atoms with Crippen molar-refractivity contribution in [1.29, 1.82) is 5.26 Å². The third kappa shape index (κ3) is 2.65. The highest BCUT2D eigenvalue weighted by molar-refractivity contribution is 7.90. The maximum Gasteiger partial charge on any atom is 0.227 e. The number of nitrogens with zero attached hydrogens (tertiary/aromatic N) is 4. The minimum absolute atomic E-state index is 0.285. The van der Waals surface area contributed by atoms with Gasteiger partial charge < -0.3 is 4.90 Å². The molecule has 2 aromatic rings. The van der Waals surface area contributed by atoms with E-state index in [2.05, 4.69) is 6.07 Å². The number of aryl methyl sites for hydroxylation is 1. The molecule has 0 radical (unpaired) electrons. The number of fused-ring (bicyclic) bond motifs is 1. The van der Waals surface area contributed by atoms with E-state index in [1.54, 1.807) is 18.2 Å². The Morgan fingerprint density at radius 2 is 2.08 bits per heavy atom. The molecule has 2 heterocycles. The number of benzene rings is 1. The van der Waals surface area contributed by atoms with Crippen molar-refractivity contribution in [2.75, 3.05) is 17.7 Å². The molecule has 0 saturated carbocycles. The van der Waals surface area contributed by atoms with E-state index < -0.39 is 15.4 Å². The van der Waals surface area contributed by atoms with Crippen molar-refractivity contribution in [2.24, 2.45) is 0 Å². The van der Waals surface area contributed by atoms with Gasteiger partial charge in [0.25, 0.3) is 0 Å². The van der Waals surface area contributed by atoms with Gasteiger partial charge in [0.05, 0.1) is 16.7 Å². The summed E-state index contributed by atoms with van der Waals surface area (Å²) in [5.41, 5.74) is 3.12. The molecule has 0 amide bonds. The maximum atomic E-state index is 11.9. The van der Waals surface area contributed by atoms with Crippen molar-refractivity contribution in [3.05, 3.63) is 35.5 Å². The van der Waals surface area contributed by atoms with E-state index in [9.17, 15) is 13.7 Å². The molecule has 1 atom stereocenters. The first-order valence-electron chi connectivity index (χ1n) is 8.71. The molecule has 134 valence electrons. The fraction of sp³-hybridized carbons (Fsp3) is 0.421. The summed E-state index contributed by atoms with van der Waals surface area (Å²) in [5, 5.41) is 9.47. The van der Waals surface area contributed by atoms with Gasteiger partial charge in [-0.1, -0.05) is 12.1 Å². The molecule has 1 aliphatic carbocycles. The van der Waals surface area contributed by atoms with Crippen LogP contribution in [-0.2, 0) is 22.7 Å². The lowest BCUT2D eigenvalue weighted by Crippen LogP contribution is -2.58. The molecule has 2 aliphatic rings. The van der Waals surface area contributed by atoms with Gasteiger partial charge in [-0.05, 0) is 38.3 Å². The van der Waals surface area contributed by atoms with Crippen LogP contribution in [0, 0.1) is 11.3 Å². The van der Waals surface area contributed by atoms with Crippen LogP contribution in [0.25, 0.3) is 11.3 Å². The third-order valence-electron chi connectivity index (χ3n) is 5.36. The quantitative estimate of drug-likeness (QED) is 0.827. The summed E-state index contributed by atoms with van der Waals surface area (Å²) in [6, 6.07) is 9.27. The second kappa shape index (κ2) is 5.78. The van der Waals surface area contributed by atoms with Crippen molar-refractivity contribution in [3.8, 4) is 17.3 Å². The normalized spacial score (nSPS) is 21.8. The molecule has 1 saturated heterocycles. The van der Waals surface area contributed by atoms with Gasteiger partial charge in [-0.3, -0.25) is 0 Å². The average molecular weight is 368 g/mol. The van der Waals surface area contributed by atoms with Crippen molar-refractivity contribution >= 4 is 15.8 Å². The van der Waals surface area contributed by atoms with Crippen LogP contribution in [0.15, 0.2) is 29.2 Å². The molecule has 0 bridgehead atoms. The molecule has 1 aliphatic heterocycles. The zero-order valence-corrected chi connectivity index (χ0v) is 15.7. The zero-order valence-electron chi connectivity index (χ0n) is 14.9. The third-order valence-corrected chi connectivity index (χ3v) is 6.47. The van der Waals surface area contributed by atoms with Crippen LogP contribution in [0.1, 0.15) is 31.0 Å². The molecule has 0 N–H and O–H groups in total. The Labute approximate surface area is 153 Å². The molecule has 0 spiro atoms. The van der Waals surface area contributed by atoms with Gasteiger partial charge in [0, 0.05) is 36.0 Å². The minimum atomic E-state index is -3.29. The number of hydrogen-bond donors (Lipinski definition) is 0. The maximum absolute atomic E-state index is 11.9. The number of sulfone groups is 1. The molecule has 7 heteroatoms.